The SMILES string of the molecule is CCOC(=O)C1=C(c2ccccc2)N=c2s/c(=C\c3ccc(I)cc3)c(=O)n2[C@H]1c1ccc(SC)cc1. The van der Waals surface area contributed by atoms with Crippen LogP contribution in [0.25, 0.3) is 11.8 Å². The van der Waals surface area contributed by atoms with E-state index >= 15 is 0 Å². The van der Waals surface area contributed by atoms with E-state index in [1.807, 2.05) is 91.2 Å². The first-order valence-electron chi connectivity index (χ1n) is 11.7. The molecule has 3 aromatic carbocycles. The van der Waals surface area contributed by atoms with Gasteiger partial charge in [0.05, 0.1) is 28.5 Å². The van der Waals surface area contributed by atoms with Crippen molar-refractivity contribution < 1.29 is 9.53 Å². The summed E-state index contributed by atoms with van der Waals surface area (Å²) >= 11 is 5.22. The van der Waals surface area contributed by atoms with Crippen molar-refractivity contribution in [3.63, 3.8) is 0 Å². The molecule has 186 valence electrons. The normalized spacial score (nSPS) is 15.3. The Kier molecular flexibility index (Phi) is 7.78. The van der Waals surface area contributed by atoms with Crippen LogP contribution in [0.4, 0.5) is 0 Å². The second-order valence-electron chi connectivity index (χ2n) is 8.26. The lowest BCUT2D eigenvalue weighted by atomic mass is 9.93. The number of benzene rings is 3. The molecule has 0 bridgehead atoms. The molecule has 0 radical (unpaired) electrons. The van der Waals surface area contributed by atoms with Crippen molar-refractivity contribution in [1.82, 2.24) is 4.57 Å². The van der Waals surface area contributed by atoms with Crippen LogP contribution in [0.2, 0.25) is 0 Å². The molecule has 8 heteroatoms. The minimum atomic E-state index is -0.666. The van der Waals surface area contributed by atoms with Gasteiger partial charge in [0, 0.05) is 14.0 Å². The Morgan fingerprint density at radius 3 is 2.43 bits per heavy atom. The highest BCUT2D eigenvalue weighted by Gasteiger charge is 2.35. The van der Waals surface area contributed by atoms with Crippen LogP contribution in [0, 0.1) is 3.57 Å². The van der Waals surface area contributed by atoms with Crippen LogP contribution in [0.5, 0.6) is 0 Å². The molecule has 1 aliphatic rings. The molecule has 4 aromatic rings. The van der Waals surface area contributed by atoms with Gasteiger partial charge < -0.3 is 4.74 Å². The molecule has 0 saturated heterocycles. The van der Waals surface area contributed by atoms with E-state index in [4.69, 9.17) is 9.73 Å². The van der Waals surface area contributed by atoms with Crippen molar-refractivity contribution in [3.05, 3.63) is 124 Å². The molecule has 1 aromatic heterocycles. The quantitative estimate of drug-likeness (QED) is 0.164. The minimum Gasteiger partial charge on any atom is -0.463 e. The largest absolute Gasteiger partial charge is 0.463 e. The van der Waals surface area contributed by atoms with Gasteiger partial charge in [0.1, 0.15) is 0 Å². The van der Waals surface area contributed by atoms with Crippen molar-refractivity contribution in [1.29, 1.82) is 0 Å². The fourth-order valence-electron chi connectivity index (χ4n) is 4.25. The second-order valence-corrected chi connectivity index (χ2v) is 11.4. The third-order valence-electron chi connectivity index (χ3n) is 5.97. The third-order valence-corrected chi connectivity index (χ3v) is 8.42. The highest BCUT2D eigenvalue weighted by atomic mass is 127. The molecule has 1 aliphatic heterocycles. The molecule has 5 rings (SSSR count). The van der Waals surface area contributed by atoms with E-state index in [9.17, 15) is 9.59 Å². The minimum absolute atomic E-state index is 0.185. The van der Waals surface area contributed by atoms with E-state index < -0.39 is 12.0 Å². The molecule has 0 spiro atoms. The summed E-state index contributed by atoms with van der Waals surface area (Å²) in [4.78, 5) is 33.9. The molecule has 1 atom stereocenters. The van der Waals surface area contributed by atoms with Crippen molar-refractivity contribution >= 4 is 63.4 Å². The summed E-state index contributed by atoms with van der Waals surface area (Å²) in [5.74, 6) is -0.476. The third kappa shape index (κ3) is 5.23. The van der Waals surface area contributed by atoms with Gasteiger partial charge in [-0.05, 0) is 77.2 Å². The number of esters is 1. The molecule has 0 aliphatic carbocycles. The maximum absolute atomic E-state index is 13.9. The molecule has 0 N–H and O–H groups in total. The van der Waals surface area contributed by atoms with Gasteiger partial charge in [-0.15, -0.1) is 11.8 Å². The number of halogens is 1. The zero-order valence-corrected chi connectivity index (χ0v) is 24.0. The predicted octanol–water partition coefficient (Wildman–Crippen LogP) is 5.26. The van der Waals surface area contributed by atoms with E-state index in [0.717, 1.165) is 25.2 Å². The van der Waals surface area contributed by atoms with Crippen LogP contribution in [-0.4, -0.2) is 23.4 Å². The fourth-order valence-corrected chi connectivity index (χ4v) is 6.02. The van der Waals surface area contributed by atoms with Crippen LogP contribution in [0.3, 0.4) is 0 Å². The van der Waals surface area contributed by atoms with Gasteiger partial charge >= 0.3 is 5.97 Å². The summed E-state index contributed by atoms with van der Waals surface area (Å²) < 4.78 is 8.83. The number of carbonyl (C=O) groups is 1. The number of rotatable bonds is 6. The first kappa shape index (κ1) is 25.7. The number of fused-ring (bicyclic) bond motifs is 1. The van der Waals surface area contributed by atoms with E-state index in [1.165, 1.54) is 11.3 Å². The number of hydrogen-bond acceptors (Lipinski definition) is 6. The van der Waals surface area contributed by atoms with Crippen molar-refractivity contribution in [3.8, 4) is 0 Å². The first-order valence-corrected chi connectivity index (χ1v) is 14.8. The lowest BCUT2D eigenvalue weighted by molar-refractivity contribution is -0.138. The van der Waals surface area contributed by atoms with Gasteiger partial charge in [0.25, 0.3) is 5.56 Å². The van der Waals surface area contributed by atoms with Gasteiger partial charge in [0.2, 0.25) is 0 Å². The molecule has 0 unspecified atom stereocenters. The zero-order valence-electron chi connectivity index (χ0n) is 20.2. The van der Waals surface area contributed by atoms with Crippen LogP contribution >= 0.6 is 45.7 Å². The van der Waals surface area contributed by atoms with Gasteiger partial charge in [-0.3, -0.25) is 9.36 Å². The van der Waals surface area contributed by atoms with Crippen molar-refractivity contribution in [2.75, 3.05) is 12.9 Å². The number of hydrogen-bond donors (Lipinski definition) is 0. The summed E-state index contributed by atoms with van der Waals surface area (Å²) in [7, 11) is 0. The Morgan fingerprint density at radius 1 is 1.08 bits per heavy atom. The Hall–Kier alpha value is -2.95. The number of nitrogens with zero attached hydrogens (tertiary/aromatic N) is 2. The van der Waals surface area contributed by atoms with Gasteiger partial charge in [-0.2, -0.15) is 0 Å². The summed E-state index contributed by atoms with van der Waals surface area (Å²) in [6, 6.07) is 24.9. The molecule has 2 heterocycles. The van der Waals surface area contributed by atoms with E-state index in [-0.39, 0.29) is 12.2 Å². The Labute approximate surface area is 236 Å². The lowest BCUT2D eigenvalue weighted by Crippen LogP contribution is -2.40. The molecule has 37 heavy (non-hydrogen) atoms. The standard InChI is InChI=1S/C29H23IN2O3S2/c1-3-35-28(34)24-25(19-7-5-4-6-8-19)31-29-32(26(24)20-11-15-22(36-2)16-12-20)27(33)23(37-29)17-18-9-13-21(30)14-10-18/h4-17,26H,3H2,1-2H3/b23-17-/t26-/m0/s1. The molecule has 5 nitrogen and oxygen atoms in total. The summed E-state index contributed by atoms with van der Waals surface area (Å²) in [5, 5.41) is 0. The van der Waals surface area contributed by atoms with Crippen molar-refractivity contribution in [2.45, 2.75) is 17.9 Å². The van der Waals surface area contributed by atoms with Gasteiger partial charge in [0.15, 0.2) is 4.80 Å². The lowest BCUT2D eigenvalue weighted by Gasteiger charge is -2.26. The molecular formula is C29H23IN2O3S2. The Bertz CT molecular complexity index is 1660. The number of ether oxygens (including phenoxy) is 1. The number of thioether (sulfide) groups is 1. The van der Waals surface area contributed by atoms with Crippen LogP contribution in [0.15, 0.2) is 99.1 Å². The zero-order chi connectivity index (χ0) is 25.9. The highest BCUT2D eigenvalue weighted by molar-refractivity contribution is 14.1. The number of carbonyl (C=O) groups excluding carboxylic acids is 1. The molecule has 0 saturated carbocycles. The first-order chi connectivity index (χ1) is 18.0. The average molecular weight is 639 g/mol. The van der Waals surface area contributed by atoms with Gasteiger partial charge in [-0.25, -0.2) is 9.79 Å². The fraction of sp³-hybridized carbons (Fsp3) is 0.138. The van der Waals surface area contributed by atoms with Crippen LogP contribution in [-0.2, 0) is 9.53 Å². The van der Waals surface area contributed by atoms with Crippen molar-refractivity contribution in [2.24, 2.45) is 4.99 Å². The summed E-state index contributed by atoms with van der Waals surface area (Å²) in [6.07, 6.45) is 3.89. The summed E-state index contributed by atoms with van der Waals surface area (Å²) in [5.41, 5.74) is 3.26. The van der Waals surface area contributed by atoms with Crippen LogP contribution in [0.1, 0.15) is 29.7 Å². The van der Waals surface area contributed by atoms with E-state index in [0.29, 0.717) is 20.6 Å². The number of thiazole rings is 1. The van der Waals surface area contributed by atoms with E-state index in [2.05, 4.69) is 22.6 Å². The monoisotopic (exact) mass is 638 g/mol. The maximum Gasteiger partial charge on any atom is 0.338 e. The second kappa shape index (κ2) is 11.2. The van der Waals surface area contributed by atoms with Crippen LogP contribution < -0.4 is 14.9 Å². The van der Waals surface area contributed by atoms with E-state index in [1.54, 1.807) is 23.3 Å². The highest BCUT2D eigenvalue weighted by Crippen LogP contribution is 2.35. The predicted molar refractivity (Wildman–Crippen MR) is 158 cm³/mol. The smallest absolute Gasteiger partial charge is 0.338 e. The molecular weight excluding hydrogens is 615 g/mol. The Morgan fingerprint density at radius 2 is 1.78 bits per heavy atom. The Balaban J connectivity index is 1.81. The average Bonchev–Trinajstić information content (AvgIpc) is 3.24. The molecule has 0 amide bonds. The molecule has 0 fully saturated rings. The summed E-state index contributed by atoms with van der Waals surface area (Å²) in [6.45, 7) is 2.00. The van der Waals surface area contributed by atoms with Gasteiger partial charge in [-0.1, -0.05) is 65.9 Å². The topological polar surface area (TPSA) is 60.7 Å². The number of aromatic nitrogens is 1. The maximum atomic E-state index is 13.9.